The van der Waals surface area contributed by atoms with E-state index in [-0.39, 0.29) is 0 Å². The first-order chi connectivity index (χ1) is 6.68. The lowest BCUT2D eigenvalue weighted by Crippen LogP contribution is -1.84. The molecule has 0 aliphatic heterocycles. The fourth-order valence-electron chi connectivity index (χ4n) is 1.15. The molecule has 0 spiro atoms. The Morgan fingerprint density at radius 1 is 1.36 bits per heavy atom. The van der Waals surface area contributed by atoms with Crippen molar-refractivity contribution < 1.29 is 4.42 Å². The summed E-state index contributed by atoms with van der Waals surface area (Å²) in [4.78, 5) is 0. The lowest BCUT2D eigenvalue weighted by Gasteiger charge is -2.01. The standard InChI is InChI=1S/C9H6BrIN2O/c1-5-6(3-2-4-7(5)10)8-12-13-9(11)14-8/h2-4H,1H3. The summed E-state index contributed by atoms with van der Waals surface area (Å²) in [6.07, 6.45) is 0. The van der Waals surface area contributed by atoms with Crippen molar-refractivity contribution in [2.75, 3.05) is 0 Å². The Labute approximate surface area is 103 Å². The second-order valence-corrected chi connectivity index (χ2v) is 4.55. The predicted molar refractivity (Wildman–Crippen MR) is 64.9 cm³/mol. The van der Waals surface area contributed by atoms with Gasteiger partial charge < -0.3 is 4.42 Å². The fraction of sp³-hybridized carbons (Fsp3) is 0.111. The molecule has 1 aromatic heterocycles. The second kappa shape index (κ2) is 3.98. The van der Waals surface area contributed by atoms with E-state index in [0.717, 1.165) is 15.6 Å². The highest BCUT2D eigenvalue weighted by molar-refractivity contribution is 14.1. The predicted octanol–water partition coefficient (Wildman–Crippen LogP) is 3.41. The zero-order valence-electron chi connectivity index (χ0n) is 7.29. The van der Waals surface area contributed by atoms with Crippen LogP contribution in [-0.2, 0) is 0 Å². The van der Waals surface area contributed by atoms with Gasteiger partial charge in [0.1, 0.15) is 0 Å². The van der Waals surface area contributed by atoms with Gasteiger partial charge in [0.25, 0.3) is 3.90 Å². The first-order valence-corrected chi connectivity index (χ1v) is 5.80. The van der Waals surface area contributed by atoms with Gasteiger partial charge in [-0.15, -0.1) is 10.2 Å². The summed E-state index contributed by atoms with van der Waals surface area (Å²) >= 11 is 5.45. The molecule has 0 aliphatic rings. The molecule has 1 heterocycles. The van der Waals surface area contributed by atoms with Crippen LogP contribution in [0.2, 0.25) is 0 Å². The van der Waals surface area contributed by atoms with Gasteiger partial charge in [-0.3, -0.25) is 0 Å². The van der Waals surface area contributed by atoms with Gasteiger partial charge in [0.05, 0.1) is 0 Å². The largest absolute Gasteiger partial charge is 0.412 e. The number of aromatic nitrogens is 2. The molecule has 0 aliphatic carbocycles. The topological polar surface area (TPSA) is 38.9 Å². The molecule has 0 amide bonds. The summed E-state index contributed by atoms with van der Waals surface area (Å²) in [5, 5.41) is 7.76. The summed E-state index contributed by atoms with van der Waals surface area (Å²) in [6, 6.07) is 5.90. The molecule has 2 rings (SSSR count). The minimum Gasteiger partial charge on any atom is -0.412 e. The first-order valence-electron chi connectivity index (χ1n) is 3.93. The van der Waals surface area contributed by atoms with Crippen molar-refractivity contribution in [1.29, 1.82) is 0 Å². The summed E-state index contributed by atoms with van der Waals surface area (Å²) in [7, 11) is 0. The lowest BCUT2D eigenvalue weighted by molar-refractivity contribution is 0.536. The van der Waals surface area contributed by atoms with Crippen molar-refractivity contribution >= 4 is 38.5 Å². The van der Waals surface area contributed by atoms with E-state index < -0.39 is 0 Å². The molecular formula is C9H6BrIN2O. The van der Waals surface area contributed by atoms with Crippen LogP contribution in [0, 0.1) is 10.8 Å². The molecule has 14 heavy (non-hydrogen) atoms. The van der Waals surface area contributed by atoms with E-state index in [1.54, 1.807) is 0 Å². The molecule has 0 unspecified atom stereocenters. The number of halogens is 2. The fourth-order valence-corrected chi connectivity index (χ4v) is 1.84. The number of benzene rings is 1. The van der Waals surface area contributed by atoms with E-state index in [1.807, 2.05) is 47.7 Å². The molecule has 72 valence electrons. The quantitative estimate of drug-likeness (QED) is 0.728. The molecule has 0 saturated carbocycles. The van der Waals surface area contributed by atoms with Gasteiger partial charge in [-0.05, 0) is 24.6 Å². The third kappa shape index (κ3) is 1.83. The van der Waals surface area contributed by atoms with Crippen molar-refractivity contribution in [3.05, 3.63) is 32.1 Å². The van der Waals surface area contributed by atoms with Crippen LogP contribution in [0.4, 0.5) is 0 Å². The third-order valence-electron chi connectivity index (χ3n) is 1.90. The average Bonchev–Trinajstić information content (AvgIpc) is 2.57. The van der Waals surface area contributed by atoms with E-state index in [0.29, 0.717) is 9.79 Å². The molecule has 3 nitrogen and oxygen atoms in total. The maximum atomic E-state index is 5.35. The van der Waals surface area contributed by atoms with E-state index >= 15 is 0 Å². The highest BCUT2D eigenvalue weighted by atomic mass is 127. The average molecular weight is 365 g/mol. The Hall–Kier alpha value is -0.430. The monoisotopic (exact) mass is 364 g/mol. The second-order valence-electron chi connectivity index (χ2n) is 2.77. The van der Waals surface area contributed by atoms with E-state index in [1.165, 1.54) is 0 Å². The lowest BCUT2D eigenvalue weighted by atomic mass is 10.1. The zero-order chi connectivity index (χ0) is 10.1. The number of nitrogens with zero attached hydrogens (tertiary/aromatic N) is 2. The Bertz CT molecular complexity index is 470. The molecular weight excluding hydrogens is 359 g/mol. The van der Waals surface area contributed by atoms with Crippen molar-refractivity contribution in [2.45, 2.75) is 6.92 Å². The van der Waals surface area contributed by atoms with Gasteiger partial charge in [0, 0.05) is 32.6 Å². The van der Waals surface area contributed by atoms with Gasteiger partial charge in [-0.2, -0.15) is 0 Å². The first kappa shape index (κ1) is 10.1. The highest BCUT2D eigenvalue weighted by Gasteiger charge is 2.10. The van der Waals surface area contributed by atoms with Crippen LogP contribution >= 0.6 is 38.5 Å². The zero-order valence-corrected chi connectivity index (χ0v) is 11.0. The van der Waals surface area contributed by atoms with Crippen LogP contribution in [0.5, 0.6) is 0 Å². The summed E-state index contributed by atoms with van der Waals surface area (Å²) in [5.74, 6) is 0.563. The number of rotatable bonds is 1. The van der Waals surface area contributed by atoms with Gasteiger partial charge in [0.15, 0.2) is 0 Å². The minimum atomic E-state index is 0.553. The SMILES string of the molecule is Cc1c(Br)cccc1-c1nnc(I)o1. The molecule has 0 fully saturated rings. The molecule has 0 radical (unpaired) electrons. The molecule has 0 atom stereocenters. The van der Waals surface area contributed by atoms with Gasteiger partial charge in [-0.25, -0.2) is 0 Å². The maximum absolute atomic E-state index is 5.35. The Kier molecular flexibility index (Phi) is 2.87. The van der Waals surface area contributed by atoms with Crippen LogP contribution in [0.25, 0.3) is 11.5 Å². The maximum Gasteiger partial charge on any atom is 0.278 e. The number of hydrogen-bond donors (Lipinski definition) is 0. The van der Waals surface area contributed by atoms with Crippen LogP contribution < -0.4 is 0 Å². The summed E-state index contributed by atoms with van der Waals surface area (Å²) < 4.78 is 6.95. The van der Waals surface area contributed by atoms with Crippen molar-refractivity contribution in [3.8, 4) is 11.5 Å². The third-order valence-corrected chi connectivity index (χ3v) is 3.19. The molecule has 0 N–H and O–H groups in total. The van der Waals surface area contributed by atoms with Crippen molar-refractivity contribution in [2.24, 2.45) is 0 Å². The minimum absolute atomic E-state index is 0.553. The Morgan fingerprint density at radius 2 is 2.14 bits per heavy atom. The van der Waals surface area contributed by atoms with E-state index in [9.17, 15) is 0 Å². The van der Waals surface area contributed by atoms with Gasteiger partial charge >= 0.3 is 0 Å². The molecule has 5 heteroatoms. The van der Waals surface area contributed by atoms with E-state index in [2.05, 4.69) is 26.1 Å². The number of hydrogen-bond acceptors (Lipinski definition) is 3. The van der Waals surface area contributed by atoms with E-state index in [4.69, 9.17) is 4.42 Å². The normalized spacial score (nSPS) is 10.5. The molecule has 2 aromatic rings. The van der Waals surface area contributed by atoms with Crippen LogP contribution in [-0.4, -0.2) is 10.2 Å². The smallest absolute Gasteiger partial charge is 0.278 e. The van der Waals surface area contributed by atoms with Crippen LogP contribution in [0.15, 0.2) is 27.1 Å². The van der Waals surface area contributed by atoms with Gasteiger partial charge in [-0.1, -0.05) is 22.0 Å². The van der Waals surface area contributed by atoms with Gasteiger partial charge in [0.2, 0.25) is 5.89 Å². The van der Waals surface area contributed by atoms with Crippen molar-refractivity contribution in [1.82, 2.24) is 10.2 Å². The molecule has 1 aromatic carbocycles. The Morgan fingerprint density at radius 3 is 2.79 bits per heavy atom. The highest BCUT2D eigenvalue weighted by Crippen LogP contribution is 2.27. The molecule has 0 bridgehead atoms. The summed E-state index contributed by atoms with van der Waals surface area (Å²) in [5.41, 5.74) is 2.07. The molecule has 0 saturated heterocycles. The summed E-state index contributed by atoms with van der Waals surface area (Å²) in [6.45, 7) is 2.01. The van der Waals surface area contributed by atoms with Crippen molar-refractivity contribution in [3.63, 3.8) is 0 Å². The van der Waals surface area contributed by atoms with Crippen LogP contribution in [0.3, 0.4) is 0 Å². The van der Waals surface area contributed by atoms with Crippen LogP contribution in [0.1, 0.15) is 5.56 Å². The Balaban J connectivity index is 2.57.